The minimum absolute atomic E-state index is 0.112. The molecular weight excluding hydrogens is 246 g/mol. The van der Waals surface area contributed by atoms with E-state index in [1.165, 1.54) is 16.7 Å². The molecule has 0 aliphatic carbocycles. The average Bonchev–Trinajstić information content (AvgIpc) is 2.31. The lowest BCUT2D eigenvalue weighted by Crippen LogP contribution is -2.34. The van der Waals surface area contributed by atoms with Crippen LogP contribution >= 0.6 is 0 Å². The second-order valence-corrected chi connectivity index (χ2v) is 6.69. The molecule has 0 heterocycles. The monoisotopic (exact) mass is 275 g/mol. The highest BCUT2D eigenvalue weighted by Gasteiger charge is 2.22. The maximum absolute atomic E-state index is 12.4. The van der Waals surface area contributed by atoms with Gasteiger partial charge in [-0.15, -0.1) is 0 Å². The van der Waals surface area contributed by atoms with Gasteiger partial charge in [-0.1, -0.05) is 57.0 Å². The summed E-state index contributed by atoms with van der Waals surface area (Å²) in [5.74, 6) is 1.24. The largest absolute Gasteiger partial charge is 0.352 e. The number of carbonyl (C=O) groups is 1. The Labute approximate surface area is 124 Å². The zero-order chi connectivity index (χ0) is 15.3. The molecule has 0 aliphatic heterocycles. The van der Waals surface area contributed by atoms with Gasteiger partial charge in [0.25, 0.3) is 0 Å². The highest BCUT2D eigenvalue weighted by atomic mass is 16.1. The number of nitrogens with one attached hydrogen (secondary N) is 1. The quantitative estimate of drug-likeness (QED) is 0.826. The maximum Gasteiger partial charge on any atom is 0.223 e. The SMILES string of the molecule is Cc1cc(C)cc(CNC(=O)C(CC(C)C)C(C)C)c1. The Morgan fingerprint density at radius 1 is 1.05 bits per heavy atom. The maximum atomic E-state index is 12.4. The van der Waals surface area contributed by atoms with Crippen molar-refractivity contribution in [3.63, 3.8) is 0 Å². The Morgan fingerprint density at radius 2 is 1.60 bits per heavy atom. The van der Waals surface area contributed by atoms with Crippen LogP contribution in [-0.2, 0) is 11.3 Å². The summed E-state index contributed by atoms with van der Waals surface area (Å²) in [5, 5.41) is 3.10. The van der Waals surface area contributed by atoms with E-state index in [9.17, 15) is 4.79 Å². The van der Waals surface area contributed by atoms with Gasteiger partial charge in [0, 0.05) is 12.5 Å². The second-order valence-electron chi connectivity index (χ2n) is 6.69. The molecule has 1 aromatic carbocycles. The number of hydrogen-bond acceptors (Lipinski definition) is 1. The van der Waals surface area contributed by atoms with Crippen molar-refractivity contribution in [3.8, 4) is 0 Å². The van der Waals surface area contributed by atoms with Crippen molar-refractivity contribution in [1.82, 2.24) is 5.32 Å². The van der Waals surface area contributed by atoms with Gasteiger partial charge in [0.2, 0.25) is 5.91 Å². The first-order chi connectivity index (χ1) is 9.29. The van der Waals surface area contributed by atoms with Crippen LogP contribution in [0.25, 0.3) is 0 Å². The Hall–Kier alpha value is -1.31. The average molecular weight is 275 g/mol. The van der Waals surface area contributed by atoms with Crippen molar-refractivity contribution in [3.05, 3.63) is 34.9 Å². The van der Waals surface area contributed by atoms with E-state index in [1.54, 1.807) is 0 Å². The fourth-order valence-electron chi connectivity index (χ4n) is 2.68. The minimum Gasteiger partial charge on any atom is -0.352 e. The zero-order valence-corrected chi connectivity index (χ0v) is 13.8. The van der Waals surface area contributed by atoms with Gasteiger partial charge in [-0.25, -0.2) is 0 Å². The summed E-state index contributed by atoms with van der Waals surface area (Å²) >= 11 is 0. The first kappa shape index (κ1) is 16.7. The minimum atomic E-state index is 0.112. The molecule has 0 spiro atoms. The molecule has 0 saturated heterocycles. The van der Waals surface area contributed by atoms with Crippen LogP contribution in [0, 0.1) is 31.6 Å². The molecule has 1 amide bonds. The molecule has 0 saturated carbocycles. The highest BCUT2D eigenvalue weighted by molar-refractivity contribution is 5.78. The lowest BCUT2D eigenvalue weighted by molar-refractivity contribution is -0.127. The van der Waals surface area contributed by atoms with Gasteiger partial charge in [0.05, 0.1) is 0 Å². The summed E-state index contributed by atoms with van der Waals surface area (Å²) in [6.45, 7) is 13.4. The first-order valence-corrected chi connectivity index (χ1v) is 7.64. The first-order valence-electron chi connectivity index (χ1n) is 7.64. The lowest BCUT2D eigenvalue weighted by atomic mass is 9.87. The Kier molecular flexibility index (Phi) is 6.25. The molecule has 2 heteroatoms. The van der Waals surface area contributed by atoms with Gasteiger partial charge in [0.1, 0.15) is 0 Å². The van der Waals surface area contributed by atoms with E-state index >= 15 is 0 Å². The van der Waals surface area contributed by atoms with Gasteiger partial charge in [-0.2, -0.15) is 0 Å². The zero-order valence-electron chi connectivity index (χ0n) is 13.8. The molecule has 0 aliphatic rings. The predicted molar refractivity (Wildman–Crippen MR) is 85.5 cm³/mol. The van der Waals surface area contributed by atoms with Crippen molar-refractivity contribution in [1.29, 1.82) is 0 Å². The molecule has 20 heavy (non-hydrogen) atoms. The fourth-order valence-corrected chi connectivity index (χ4v) is 2.68. The van der Waals surface area contributed by atoms with E-state index in [2.05, 4.69) is 65.1 Å². The van der Waals surface area contributed by atoms with Crippen LogP contribution in [0.5, 0.6) is 0 Å². The topological polar surface area (TPSA) is 29.1 Å². The summed E-state index contributed by atoms with van der Waals surface area (Å²) in [5.41, 5.74) is 3.68. The summed E-state index contributed by atoms with van der Waals surface area (Å²) in [6.07, 6.45) is 0.955. The number of hydrogen-bond donors (Lipinski definition) is 1. The van der Waals surface area contributed by atoms with E-state index < -0.39 is 0 Å². The van der Waals surface area contributed by atoms with Crippen molar-refractivity contribution < 1.29 is 4.79 Å². The number of amides is 1. The predicted octanol–water partition coefficient (Wildman–Crippen LogP) is 4.24. The standard InChI is InChI=1S/C18H29NO/c1-12(2)7-17(13(3)4)18(20)19-11-16-9-14(5)8-15(6)10-16/h8-10,12-13,17H,7,11H2,1-6H3,(H,19,20). The number of carbonyl (C=O) groups excluding carboxylic acids is 1. The molecule has 1 rings (SSSR count). The molecule has 1 unspecified atom stereocenters. The van der Waals surface area contributed by atoms with Gasteiger partial charge in [-0.05, 0) is 37.7 Å². The summed E-state index contributed by atoms with van der Waals surface area (Å²) in [4.78, 5) is 12.4. The van der Waals surface area contributed by atoms with E-state index in [4.69, 9.17) is 0 Å². The molecule has 1 atom stereocenters. The molecule has 1 aromatic rings. The third kappa shape index (κ3) is 5.36. The van der Waals surface area contributed by atoms with E-state index in [0.717, 1.165) is 6.42 Å². The van der Waals surface area contributed by atoms with Crippen LogP contribution in [0.3, 0.4) is 0 Å². The normalized spacial score (nSPS) is 12.8. The Balaban J connectivity index is 2.64. The highest BCUT2D eigenvalue weighted by Crippen LogP contribution is 2.20. The molecule has 0 aromatic heterocycles. The fraction of sp³-hybridized carbons (Fsp3) is 0.611. The van der Waals surface area contributed by atoms with Gasteiger partial charge < -0.3 is 5.32 Å². The molecule has 1 N–H and O–H groups in total. The van der Waals surface area contributed by atoms with Crippen LogP contribution in [-0.4, -0.2) is 5.91 Å². The van der Waals surface area contributed by atoms with Crippen molar-refractivity contribution in [2.24, 2.45) is 17.8 Å². The van der Waals surface area contributed by atoms with Crippen molar-refractivity contribution >= 4 is 5.91 Å². The van der Waals surface area contributed by atoms with Crippen molar-refractivity contribution in [2.75, 3.05) is 0 Å². The summed E-state index contributed by atoms with van der Waals surface area (Å²) < 4.78 is 0. The van der Waals surface area contributed by atoms with E-state index in [1.807, 2.05) is 0 Å². The van der Waals surface area contributed by atoms with Crippen LogP contribution in [0.4, 0.5) is 0 Å². The summed E-state index contributed by atoms with van der Waals surface area (Å²) in [6, 6.07) is 6.43. The van der Waals surface area contributed by atoms with Gasteiger partial charge >= 0.3 is 0 Å². The third-order valence-corrected chi connectivity index (χ3v) is 3.62. The molecule has 2 nitrogen and oxygen atoms in total. The van der Waals surface area contributed by atoms with Gasteiger partial charge in [-0.3, -0.25) is 4.79 Å². The third-order valence-electron chi connectivity index (χ3n) is 3.62. The Bertz CT molecular complexity index is 428. The van der Waals surface area contributed by atoms with Crippen molar-refractivity contribution in [2.45, 2.75) is 54.5 Å². The van der Waals surface area contributed by atoms with Crippen LogP contribution in [0.2, 0.25) is 0 Å². The lowest BCUT2D eigenvalue weighted by Gasteiger charge is -2.22. The molecule has 0 radical (unpaired) electrons. The number of benzene rings is 1. The van der Waals surface area contributed by atoms with Gasteiger partial charge in [0.15, 0.2) is 0 Å². The molecule has 112 valence electrons. The Morgan fingerprint density at radius 3 is 2.05 bits per heavy atom. The number of aryl methyl sites for hydroxylation is 2. The molecular formula is C18H29NO. The molecule has 0 bridgehead atoms. The smallest absolute Gasteiger partial charge is 0.223 e. The summed E-state index contributed by atoms with van der Waals surface area (Å²) in [7, 11) is 0. The van der Waals surface area contributed by atoms with Crippen LogP contribution in [0.15, 0.2) is 18.2 Å². The van der Waals surface area contributed by atoms with E-state index in [-0.39, 0.29) is 11.8 Å². The van der Waals surface area contributed by atoms with E-state index in [0.29, 0.717) is 18.4 Å². The van der Waals surface area contributed by atoms with Crippen LogP contribution < -0.4 is 5.32 Å². The molecule has 0 fully saturated rings. The number of rotatable bonds is 6. The second kappa shape index (κ2) is 7.47. The van der Waals surface area contributed by atoms with Crippen LogP contribution in [0.1, 0.15) is 50.8 Å².